The number of rotatable bonds is 2. The Morgan fingerprint density at radius 1 is 1.12 bits per heavy atom. The number of hydrogen-bond donors (Lipinski definition) is 0. The Balaban J connectivity index is 1.84. The van der Waals surface area contributed by atoms with Crippen LogP contribution in [0, 0.1) is 5.92 Å². The lowest BCUT2D eigenvalue weighted by Crippen LogP contribution is -2.42. The fraction of sp³-hybridized carbons (Fsp3) is 0.357. The first-order valence-corrected chi connectivity index (χ1v) is 5.77. The van der Waals surface area contributed by atoms with Crippen LogP contribution in [0.15, 0.2) is 42.5 Å². The summed E-state index contributed by atoms with van der Waals surface area (Å²) >= 11 is 0. The van der Waals surface area contributed by atoms with Crippen molar-refractivity contribution in [2.45, 2.75) is 25.0 Å². The summed E-state index contributed by atoms with van der Waals surface area (Å²) in [6.45, 7) is 0. The number of hydrogen-bond acceptors (Lipinski definition) is 2. The number of ketones is 1. The van der Waals surface area contributed by atoms with Gasteiger partial charge in [0.05, 0.1) is 6.10 Å². The standard InChI is InChI=1S/C14H14O2/c15-13(10-4-2-1-3-5-10)14-11-6-8-12(16-14)9-7-11/h1-6,8,11-12,14H,7,9H2/t11-,12+,14+/m1/s1. The maximum Gasteiger partial charge on any atom is 0.192 e. The van der Waals surface area contributed by atoms with Crippen molar-refractivity contribution in [3.8, 4) is 0 Å². The van der Waals surface area contributed by atoms with Gasteiger partial charge in [0.2, 0.25) is 0 Å². The highest BCUT2D eigenvalue weighted by Crippen LogP contribution is 2.33. The Kier molecular flexibility index (Phi) is 2.37. The van der Waals surface area contributed by atoms with E-state index in [9.17, 15) is 4.79 Å². The molecule has 0 amide bonds. The molecule has 0 N–H and O–H groups in total. The lowest BCUT2D eigenvalue weighted by molar-refractivity contribution is -0.0432. The summed E-state index contributed by atoms with van der Waals surface area (Å²) in [5, 5.41) is 0. The van der Waals surface area contributed by atoms with Crippen LogP contribution in [0.1, 0.15) is 23.2 Å². The normalized spacial score (nSPS) is 31.6. The van der Waals surface area contributed by atoms with Gasteiger partial charge in [-0.1, -0.05) is 42.5 Å². The van der Waals surface area contributed by atoms with Gasteiger partial charge in [0.1, 0.15) is 6.10 Å². The van der Waals surface area contributed by atoms with Crippen molar-refractivity contribution in [2.24, 2.45) is 5.92 Å². The highest BCUT2D eigenvalue weighted by molar-refractivity contribution is 6.00. The highest BCUT2D eigenvalue weighted by atomic mass is 16.5. The molecule has 0 aromatic heterocycles. The number of Topliss-reactive ketones (excluding diaryl/α,β-unsaturated/α-hetero) is 1. The first kappa shape index (κ1) is 9.79. The molecule has 4 rings (SSSR count). The van der Waals surface area contributed by atoms with Crippen molar-refractivity contribution < 1.29 is 9.53 Å². The predicted molar refractivity (Wildman–Crippen MR) is 61.3 cm³/mol. The molecule has 16 heavy (non-hydrogen) atoms. The molecule has 2 bridgehead atoms. The molecular weight excluding hydrogens is 200 g/mol. The maximum absolute atomic E-state index is 12.2. The Hall–Kier alpha value is -1.41. The molecular formula is C14H14O2. The average molecular weight is 214 g/mol. The van der Waals surface area contributed by atoms with Crippen LogP contribution >= 0.6 is 0 Å². The van der Waals surface area contributed by atoms with Gasteiger partial charge in [-0.3, -0.25) is 4.79 Å². The summed E-state index contributed by atoms with van der Waals surface area (Å²) in [7, 11) is 0. The topological polar surface area (TPSA) is 26.3 Å². The van der Waals surface area contributed by atoms with E-state index < -0.39 is 0 Å². The predicted octanol–water partition coefficient (Wildman–Crippen LogP) is 2.60. The van der Waals surface area contributed by atoms with Gasteiger partial charge in [0.15, 0.2) is 5.78 Å². The SMILES string of the molecule is O=C(c1ccccc1)[C@H]1O[C@H]2C=C[C@@H]1CC2. The first-order chi connectivity index (χ1) is 7.84. The second-order valence-electron chi connectivity index (χ2n) is 4.45. The number of carbonyl (C=O) groups is 1. The van der Waals surface area contributed by atoms with Gasteiger partial charge in [-0.25, -0.2) is 0 Å². The first-order valence-electron chi connectivity index (χ1n) is 5.77. The van der Waals surface area contributed by atoms with Gasteiger partial charge >= 0.3 is 0 Å². The van der Waals surface area contributed by atoms with E-state index in [0.29, 0.717) is 0 Å². The highest BCUT2D eigenvalue weighted by Gasteiger charge is 2.37. The minimum atomic E-state index is -0.258. The smallest absolute Gasteiger partial charge is 0.192 e. The van der Waals surface area contributed by atoms with E-state index in [0.717, 1.165) is 18.4 Å². The van der Waals surface area contributed by atoms with E-state index in [1.165, 1.54) is 0 Å². The van der Waals surface area contributed by atoms with Crippen molar-refractivity contribution in [1.82, 2.24) is 0 Å². The molecule has 2 heteroatoms. The monoisotopic (exact) mass is 214 g/mol. The molecule has 2 nitrogen and oxygen atoms in total. The molecule has 0 saturated carbocycles. The molecule has 3 atom stereocenters. The zero-order chi connectivity index (χ0) is 11.0. The van der Waals surface area contributed by atoms with E-state index in [1.54, 1.807) is 0 Å². The molecule has 3 aliphatic rings. The summed E-state index contributed by atoms with van der Waals surface area (Å²) in [4.78, 5) is 12.2. The summed E-state index contributed by atoms with van der Waals surface area (Å²) in [6, 6.07) is 9.42. The average Bonchev–Trinajstić information content (AvgIpc) is 2.40. The third kappa shape index (κ3) is 1.59. The van der Waals surface area contributed by atoms with Crippen molar-refractivity contribution in [3.05, 3.63) is 48.0 Å². The lowest BCUT2D eigenvalue weighted by atomic mass is 9.83. The molecule has 1 aliphatic carbocycles. The van der Waals surface area contributed by atoms with Gasteiger partial charge in [0.25, 0.3) is 0 Å². The van der Waals surface area contributed by atoms with Gasteiger partial charge in [-0.2, -0.15) is 0 Å². The summed E-state index contributed by atoms with van der Waals surface area (Å²) in [5.41, 5.74) is 0.758. The minimum Gasteiger partial charge on any atom is -0.362 e. The van der Waals surface area contributed by atoms with Crippen molar-refractivity contribution in [3.63, 3.8) is 0 Å². The molecule has 1 saturated heterocycles. The zero-order valence-electron chi connectivity index (χ0n) is 9.00. The quantitative estimate of drug-likeness (QED) is 0.558. The minimum absolute atomic E-state index is 0.125. The summed E-state index contributed by atoms with van der Waals surface area (Å²) in [5.74, 6) is 0.400. The van der Waals surface area contributed by atoms with E-state index in [4.69, 9.17) is 4.74 Å². The molecule has 0 spiro atoms. The number of benzene rings is 1. The maximum atomic E-state index is 12.2. The fourth-order valence-electron chi connectivity index (χ4n) is 2.49. The van der Waals surface area contributed by atoms with Crippen LogP contribution in [0.3, 0.4) is 0 Å². The number of carbonyl (C=O) groups excluding carboxylic acids is 1. The van der Waals surface area contributed by atoms with Gasteiger partial charge in [-0.15, -0.1) is 0 Å². The molecule has 1 fully saturated rings. The van der Waals surface area contributed by atoms with Crippen LogP contribution in [0.2, 0.25) is 0 Å². The van der Waals surface area contributed by atoms with Crippen LogP contribution in [-0.2, 0) is 4.74 Å². The van der Waals surface area contributed by atoms with Crippen LogP contribution in [0.4, 0.5) is 0 Å². The molecule has 0 unspecified atom stereocenters. The molecule has 1 aromatic carbocycles. The van der Waals surface area contributed by atoms with Gasteiger partial charge in [-0.05, 0) is 12.8 Å². The Morgan fingerprint density at radius 2 is 1.94 bits per heavy atom. The largest absolute Gasteiger partial charge is 0.362 e. The Labute approximate surface area is 94.9 Å². The second kappa shape index (κ2) is 3.87. The van der Waals surface area contributed by atoms with E-state index in [1.807, 2.05) is 30.3 Å². The van der Waals surface area contributed by atoms with Crippen LogP contribution in [0.5, 0.6) is 0 Å². The summed E-state index contributed by atoms with van der Waals surface area (Å²) in [6.07, 6.45) is 6.25. The molecule has 82 valence electrons. The lowest BCUT2D eigenvalue weighted by Gasteiger charge is -2.37. The third-order valence-electron chi connectivity index (χ3n) is 3.38. The van der Waals surface area contributed by atoms with E-state index >= 15 is 0 Å². The zero-order valence-corrected chi connectivity index (χ0v) is 9.00. The number of ether oxygens (including phenoxy) is 1. The van der Waals surface area contributed by atoms with Crippen LogP contribution in [-0.4, -0.2) is 18.0 Å². The van der Waals surface area contributed by atoms with Crippen molar-refractivity contribution in [1.29, 1.82) is 0 Å². The second-order valence-corrected chi connectivity index (χ2v) is 4.45. The van der Waals surface area contributed by atoms with Crippen LogP contribution in [0.25, 0.3) is 0 Å². The molecule has 2 aliphatic heterocycles. The van der Waals surface area contributed by atoms with Crippen molar-refractivity contribution in [2.75, 3.05) is 0 Å². The Morgan fingerprint density at radius 3 is 2.50 bits per heavy atom. The Bertz CT molecular complexity index is 422. The molecule has 2 heterocycles. The third-order valence-corrected chi connectivity index (χ3v) is 3.38. The molecule has 1 aromatic rings. The van der Waals surface area contributed by atoms with Crippen molar-refractivity contribution >= 4 is 5.78 Å². The van der Waals surface area contributed by atoms with E-state index in [-0.39, 0.29) is 23.9 Å². The summed E-state index contributed by atoms with van der Waals surface area (Å²) < 4.78 is 5.77. The fourth-order valence-corrected chi connectivity index (χ4v) is 2.49. The molecule has 0 radical (unpaired) electrons. The van der Waals surface area contributed by atoms with Gasteiger partial charge < -0.3 is 4.74 Å². The van der Waals surface area contributed by atoms with Gasteiger partial charge in [0, 0.05) is 11.5 Å². The van der Waals surface area contributed by atoms with E-state index in [2.05, 4.69) is 12.2 Å². The number of fused-ring (bicyclic) bond motifs is 2. The van der Waals surface area contributed by atoms with Crippen LogP contribution < -0.4 is 0 Å².